The van der Waals surface area contributed by atoms with Crippen LogP contribution >= 0.6 is 11.6 Å². The van der Waals surface area contributed by atoms with Crippen LogP contribution in [0.2, 0.25) is 5.02 Å². The van der Waals surface area contributed by atoms with Crippen molar-refractivity contribution in [2.75, 3.05) is 13.1 Å². The zero-order valence-electron chi connectivity index (χ0n) is 12.4. The second kappa shape index (κ2) is 7.66. The van der Waals surface area contributed by atoms with E-state index in [1.807, 2.05) is 36.1 Å². The molecule has 0 unspecified atom stereocenters. The molecule has 2 rings (SSSR count). The predicted molar refractivity (Wildman–Crippen MR) is 84.6 cm³/mol. The summed E-state index contributed by atoms with van der Waals surface area (Å²) < 4.78 is 5.92. The van der Waals surface area contributed by atoms with Gasteiger partial charge < -0.3 is 15.4 Å². The summed E-state index contributed by atoms with van der Waals surface area (Å²) in [6.45, 7) is 3.44. The number of nitrogens with zero attached hydrogens (tertiary/aromatic N) is 1. The number of amides is 1. The summed E-state index contributed by atoms with van der Waals surface area (Å²) in [6, 6.07) is 7.11. The van der Waals surface area contributed by atoms with Gasteiger partial charge in [0.25, 0.3) is 0 Å². The minimum atomic E-state index is -0.365. The third kappa shape index (κ3) is 4.35. The van der Waals surface area contributed by atoms with Gasteiger partial charge in [0.2, 0.25) is 5.91 Å². The molecule has 0 radical (unpaired) electrons. The van der Waals surface area contributed by atoms with E-state index in [0.29, 0.717) is 23.9 Å². The largest absolute Gasteiger partial charge is 0.489 e. The van der Waals surface area contributed by atoms with Gasteiger partial charge in [0.1, 0.15) is 11.9 Å². The minimum Gasteiger partial charge on any atom is -0.489 e. The molecule has 1 saturated heterocycles. The maximum atomic E-state index is 12.1. The monoisotopic (exact) mass is 310 g/mol. The van der Waals surface area contributed by atoms with Crippen molar-refractivity contribution >= 4 is 17.5 Å². The Hall–Kier alpha value is -1.26. The summed E-state index contributed by atoms with van der Waals surface area (Å²) in [5.74, 6) is 0.777. The molecule has 1 aliphatic rings. The lowest BCUT2D eigenvalue weighted by Crippen LogP contribution is -2.48. The molecule has 0 spiro atoms. The highest BCUT2D eigenvalue weighted by Gasteiger charge is 2.26. The van der Waals surface area contributed by atoms with Crippen molar-refractivity contribution < 1.29 is 9.53 Å². The molecule has 1 fully saturated rings. The first kappa shape index (κ1) is 16.1. The van der Waals surface area contributed by atoms with Gasteiger partial charge in [-0.2, -0.15) is 0 Å². The first-order valence-corrected chi connectivity index (χ1v) is 7.95. The Labute approximate surface area is 131 Å². The topological polar surface area (TPSA) is 55.6 Å². The molecule has 1 aromatic rings. The minimum absolute atomic E-state index is 0.0630. The molecule has 0 bridgehead atoms. The Kier molecular flexibility index (Phi) is 5.88. The first-order valence-electron chi connectivity index (χ1n) is 7.57. The molecule has 0 saturated carbocycles. The van der Waals surface area contributed by atoms with E-state index in [4.69, 9.17) is 22.1 Å². The second-order valence-corrected chi connectivity index (χ2v) is 5.88. The van der Waals surface area contributed by atoms with Crippen molar-refractivity contribution in [1.29, 1.82) is 0 Å². The normalized spacial score (nSPS) is 17.6. The second-order valence-electron chi connectivity index (χ2n) is 5.47. The van der Waals surface area contributed by atoms with E-state index in [1.165, 1.54) is 0 Å². The number of hydrogen-bond donors (Lipinski definition) is 1. The first-order chi connectivity index (χ1) is 10.1. The van der Waals surface area contributed by atoms with Crippen LogP contribution in [0.25, 0.3) is 0 Å². The molecule has 1 aliphatic heterocycles. The van der Waals surface area contributed by atoms with Gasteiger partial charge in [-0.1, -0.05) is 37.1 Å². The van der Waals surface area contributed by atoms with Crippen LogP contribution in [0.1, 0.15) is 32.6 Å². The molecular formula is C16H23ClN2O2. The summed E-state index contributed by atoms with van der Waals surface area (Å²) in [5.41, 5.74) is 5.90. The van der Waals surface area contributed by atoms with Crippen LogP contribution in [0.15, 0.2) is 24.3 Å². The lowest BCUT2D eigenvalue weighted by atomic mass is 10.1. The summed E-state index contributed by atoms with van der Waals surface area (Å²) in [5, 5.41) is 0.626. The molecule has 1 atom stereocenters. The molecule has 1 heterocycles. The predicted octanol–water partition coefficient (Wildman–Crippen LogP) is 2.84. The number of likely N-dealkylation sites (tertiary alicyclic amines) is 1. The van der Waals surface area contributed by atoms with E-state index in [2.05, 4.69) is 0 Å². The van der Waals surface area contributed by atoms with Gasteiger partial charge in [-0.3, -0.25) is 4.79 Å². The van der Waals surface area contributed by atoms with Crippen LogP contribution in [0.5, 0.6) is 5.75 Å². The molecule has 116 valence electrons. The van der Waals surface area contributed by atoms with Gasteiger partial charge in [0.15, 0.2) is 0 Å². The molecule has 0 aliphatic carbocycles. The van der Waals surface area contributed by atoms with Gasteiger partial charge in [0, 0.05) is 25.9 Å². The van der Waals surface area contributed by atoms with Gasteiger partial charge in [-0.25, -0.2) is 0 Å². The van der Waals surface area contributed by atoms with Crippen molar-refractivity contribution in [2.45, 2.75) is 44.8 Å². The van der Waals surface area contributed by atoms with E-state index in [-0.39, 0.29) is 18.1 Å². The molecule has 1 aromatic carbocycles. The number of nitrogens with two attached hydrogens (primary N) is 1. The Bertz CT molecular complexity index is 473. The van der Waals surface area contributed by atoms with E-state index < -0.39 is 0 Å². The van der Waals surface area contributed by atoms with Crippen molar-refractivity contribution in [3.8, 4) is 5.75 Å². The van der Waals surface area contributed by atoms with E-state index in [9.17, 15) is 4.79 Å². The Morgan fingerprint density at radius 3 is 2.71 bits per heavy atom. The fraction of sp³-hybridized carbons (Fsp3) is 0.562. The number of halogens is 1. The average molecular weight is 311 g/mol. The highest BCUT2D eigenvalue weighted by atomic mass is 35.5. The number of rotatable bonds is 5. The van der Waals surface area contributed by atoms with Crippen LogP contribution in [0, 0.1) is 0 Å². The highest BCUT2D eigenvalue weighted by molar-refractivity contribution is 6.32. The molecule has 2 N–H and O–H groups in total. The van der Waals surface area contributed by atoms with Crippen LogP contribution < -0.4 is 10.5 Å². The number of carbonyl (C=O) groups is 1. The van der Waals surface area contributed by atoms with Crippen LogP contribution in [-0.4, -0.2) is 36.0 Å². The molecule has 21 heavy (non-hydrogen) atoms. The van der Waals surface area contributed by atoms with Gasteiger partial charge >= 0.3 is 0 Å². The van der Waals surface area contributed by atoms with Gasteiger partial charge in [-0.15, -0.1) is 0 Å². The molecule has 0 aromatic heterocycles. The highest BCUT2D eigenvalue weighted by Crippen LogP contribution is 2.26. The van der Waals surface area contributed by atoms with Gasteiger partial charge in [0.05, 0.1) is 11.1 Å². The number of carbonyl (C=O) groups excluding carboxylic acids is 1. The number of benzene rings is 1. The van der Waals surface area contributed by atoms with Crippen molar-refractivity contribution in [3.63, 3.8) is 0 Å². The summed E-state index contributed by atoms with van der Waals surface area (Å²) in [6.07, 6.45) is 3.41. The maximum Gasteiger partial charge on any atom is 0.239 e. The Morgan fingerprint density at radius 2 is 2.10 bits per heavy atom. The fourth-order valence-electron chi connectivity index (χ4n) is 2.58. The standard InChI is InChI=1S/C16H23ClN2O2/c1-2-5-14(18)16(20)19-10-8-12(9-11-19)21-15-7-4-3-6-13(15)17/h3-4,6-7,12,14H,2,5,8-11,18H2,1H3/t14-/m1/s1. The van der Waals surface area contributed by atoms with Crippen LogP contribution in [-0.2, 0) is 4.79 Å². The fourth-order valence-corrected chi connectivity index (χ4v) is 2.76. The Balaban J connectivity index is 1.83. The summed E-state index contributed by atoms with van der Waals surface area (Å²) in [7, 11) is 0. The lowest BCUT2D eigenvalue weighted by molar-refractivity contribution is -0.134. The third-order valence-electron chi connectivity index (χ3n) is 3.80. The number of hydrogen-bond acceptors (Lipinski definition) is 3. The third-order valence-corrected chi connectivity index (χ3v) is 4.11. The van der Waals surface area contributed by atoms with Gasteiger partial charge in [-0.05, 0) is 18.6 Å². The Morgan fingerprint density at radius 1 is 1.43 bits per heavy atom. The summed E-state index contributed by atoms with van der Waals surface area (Å²) in [4.78, 5) is 14.0. The molecule has 1 amide bonds. The zero-order chi connectivity index (χ0) is 15.2. The van der Waals surface area contributed by atoms with E-state index >= 15 is 0 Å². The van der Waals surface area contributed by atoms with E-state index in [1.54, 1.807) is 0 Å². The number of para-hydroxylation sites is 1. The number of piperidine rings is 1. The quantitative estimate of drug-likeness (QED) is 0.910. The van der Waals surface area contributed by atoms with Crippen LogP contribution in [0.3, 0.4) is 0 Å². The molecule has 5 heteroatoms. The zero-order valence-corrected chi connectivity index (χ0v) is 13.2. The van der Waals surface area contributed by atoms with Crippen LogP contribution in [0.4, 0.5) is 0 Å². The van der Waals surface area contributed by atoms with E-state index in [0.717, 1.165) is 25.7 Å². The molecular weight excluding hydrogens is 288 g/mol. The maximum absolute atomic E-state index is 12.1. The van der Waals surface area contributed by atoms with Crippen molar-refractivity contribution in [3.05, 3.63) is 29.3 Å². The van der Waals surface area contributed by atoms with Crippen molar-refractivity contribution in [2.24, 2.45) is 5.73 Å². The molecule has 4 nitrogen and oxygen atoms in total. The number of ether oxygens (including phenoxy) is 1. The SMILES string of the molecule is CCC[C@@H](N)C(=O)N1CCC(Oc2ccccc2Cl)CC1. The smallest absolute Gasteiger partial charge is 0.239 e. The average Bonchev–Trinajstić information content (AvgIpc) is 2.50. The lowest BCUT2D eigenvalue weighted by Gasteiger charge is -2.33. The summed E-state index contributed by atoms with van der Waals surface area (Å²) >= 11 is 6.09. The van der Waals surface area contributed by atoms with Crippen molar-refractivity contribution in [1.82, 2.24) is 4.90 Å².